The average Bonchev–Trinajstić information content (AvgIpc) is 2.88. The normalized spacial score (nSPS) is 11.0. The summed E-state index contributed by atoms with van der Waals surface area (Å²) in [6.45, 7) is 2.56. The number of nitrogens with zero attached hydrogens (tertiary/aromatic N) is 2. The molecule has 0 aliphatic heterocycles. The number of aryl methyl sites for hydroxylation is 1. The molecular weight excluding hydrogens is 426 g/mol. The van der Waals surface area contributed by atoms with E-state index >= 15 is 0 Å². The van der Waals surface area contributed by atoms with Crippen LogP contribution in [-0.4, -0.2) is 23.6 Å². The van der Waals surface area contributed by atoms with Crippen molar-refractivity contribution in [2.75, 3.05) is 19.5 Å². The van der Waals surface area contributed by atoms with Crippen LogP contribution in [0.3, 0.4) is 0 Å². The molecule has 6 nitrogen and oxygen atoms in total. The van der Waals surface area contributed by atoms with Gasteiger partial charge in [0.05, 0.1) is 30.8 Å². The quantitative estimate of drug-likeness (QED) is 0.348. The third kappa shape index (κ3) is 3.73. The summed E-state index contributed by atoms with van der Waals surface area (Å²) in [5.41, 5.74) is 5.70. The Morgan fingerprint density at radius 1 is 0.882 bits per heavy atom. The van der Waals surface area contributed by atoms with Crippen LogP contribution in [0.5, 0.6) is 11.5 Å². The predicted molar refractivity (Wildman–Crippen MR) is 136 cm³/mol. The van der Waals surface area contributed by atoms with Crippen LogP contribution in [0.25, 0.3) is 27.7 Å². The highest BCUT2D eigenvalue weighted by molar-refractivity contribution is 5.87. The number of hydrogen-bond acceptors (Lipinski definition) is 5. The summed E-state index contributed by atoms with van der Waals surface area (Å²) < 4.78 is 12.6. The van der Waals surface area contributed by atoms with Gasteiger partial charge in [0, 0.05) is 23.9 Å². The number of aromatic nitrogens is 2. The largest absolute Gasteiger partial charge is 0.493 e. The summed E-state index contributed by atoms with van der Waals surface area (Å²) in [4.78, 5) is 18.7. The van der Waals surface area contributed by atoms with E-state index in [0.717, 1.165) is 28.1 Å². The summed E-state index contributed by atoms with van der Waals surface area (Å²) in [6, 6.07) is 25.7. The van der Waals surface area contributed by atoms with E-state index in [4.69, 9.17) is 14.5 Å². The van der Waals surface area contributed by atoms with Gasteiger partial charge < -0.3 is 14.8 Å². The lowest BCUT2D eigenvalue weighted by molar-refractivity contribution is 0.355. The van der Waals surface area contributed by atoms with Crippen LogP contribution in [0.15, 0.2) is 83.7 Å². The molecule has 1 N–H and O–H groups in total. The smallest absolute Gasteiger partial charge is 0.266 e. The van der Waals surface area contributed by atoms with E-state index in [9.17, 15) is 4.79 Å². The van der Waals surface area contributed by atoms with Gasteiger partial charge in [0.25, 0.3) is 5.56 Å². The SMILES string of the molecule is COc1cc2nc3c(NCc4ccccc4)cc(-c4ccccc4)c(C)n3c(=O)c2cc1OC. The van der Waals surface area contributed by atoms with Gasteiger partial charge in [-0.2, -0.15) is 0 Å². The summed E-state index contributed by atoms with van der Waals surface area (Å²) in [5.74, 6) is 1.02. The fraction of sp³-hybridized carbons (Fsp3) is 0.143. The monoisotopic (exact) mass is 451 g/mol. The second kappa shape index (κ2) is 8.90. The number of pyridine rings is 1. The molecule has 0 amide bonds. The van der Waals surface area contributed by atoms with Gasteiger partial charge in [-0.3, -0.25) is 9.20 Å². The number of ether oxygens (including phenoxy) is 2. The van der Waals surface area contributed by atoms with Crippen molar-refractivity contribution in [1.82, 2.24) is 9.38 Å². The zero-order chi connectivity index (χ0) is 23.7. The first-order valence-electron chi connectivity index (χ1n) is 11.1. The van der Waals surface area contributed by atoms with E-state index in [0.29, 0.717) is 34.6 Å². The van der Waals surface area contributed by atoms with Crippen molar-refractivity contribution < 1.29 is 9.47 Å². The van der Waals surface area contributed by atoms with Crippen molar-refractivity contribution in [3.05, 3.63) is 100 Å². The average molecular weight is 452 g/mol. The molecule has 0 aliphatic rings. The van der Waals surface area contributed by atoms with Crippen molar-refractivity contribution >= 4 is 22.2 Å². The second-order valence-corrected chi connectivity index (χ2v) is 8.06. The van der Waals surface area contributed by atoms with E-state index < -0.39 is 0 Å². The zero-order valence-electron chi connectivity index (χ0n) is 19.3. The van der Waals surface area contributed by atoms with Gasteiger partial charge in [0.1, 0.15) is 0 Å². The van der Waals surface area contributed by atoms with Crippen molar-refractivity contribution in [2.24, 2.45) is 0 Å². The first-order chi connectivity index (χ1) is 16.6. The van der Waals surface area contributed by atoms with Gasteiger partial charge in [0.15, 0.2) is 17.1 Å². The lowest BCUT2D eigenvalue weighted by Gasteiger charge is -2.18. The molecule has 0 fully saturated rings. The molecule has 0 bridgehead atoms. The first kappa shape index (κ1) is 21.5. The van der Waals surface area contributed by atoms with Crippen LogP contribution >= 0.6 is 0 Å². The highest BCUT2D eigenvalue weighted by atomic mass is 16.5. The second-order valence-electron chi connectivity index (χ2n) is 8.06. The zero-order valence-corrected chi connectivity index (χ0v) is 19.3. The summed E-state index contributed by atoms with van der Waals surface area (Å²) in [7, 11) is 3.13. The van der Waals surface area contributed by atoms with Gasteiger partial charge in [0.2, 0.25) is 0 Å². The Morgan fingerprint density at radius 3 is 2.21 bits per heavy atom. The summed E-state index contributed by atoms with van der Waals surface area (Å²) >= 11 is 0. The molecule has 0 saturated heterocycles. The third-order valence-electron chi connectivity index (χ3n) is 6.04. The highest BCUT2D eigenvalue weighted by Gasteiger charge is 2.18. The van der Waals surface area contributed by atoms with Crippen LogP contribution in [0.4, 0.5) is 5.69 Å². The van der Waals surface area contributed by atoms with Gasteiger partial charge in [-0.1, -0.05) is 60.7 Å². The topological polar surface area (TPSA) is 64.9 Å². The molecule has 5 aromatic rings. The van der Waals surface area contributed by atoms with Crippen molar-refractivity contribution in [3.63, 3.8) is 0 Å². The molecule has 0 saturated carbocycles. The van der Waals surface area contributed by atoms with Crippen LogP contribution in [0.2, 0.25) is 0 Å². The minimum absolute atomic E-state index is 0.154. The van der Waals surface area contributed by atoms with Gasteiger partial charge in [-0.05, 0) is 30.2 Å². The molecule has 5 rings (SSSR count). The molecule has 3 aromatic carbocycles. The van der Waals surface area contributed by atoms with Gasteiger partial charge in [-0.25, -0.2) is 4.98 Å². The Labute approximate surface area is 197 Å². The minimum atomic E-state index is -0.154. The number of anilines is 1. The van der Waals surface area contributed by atoms with Crippen LogP contribution < -0.4 is 20.3 Å². The lowest BCUT2D eigenvalue weighted by Crippen LogP contribution is -2.20. The van der Waals surface area contributed by atoms with E-state index in [1.165, 1.54) is 0 Å². The Morgan fingerprint density at radius 2 is 1.53 bits per heavy atom. The predicted octanol–water partition coefficient (Wildman–Crippen LogP) is 5.45. The van der Waals surface area contributed by atoms with E-state index in [2.05, 4.69) is 23.5 Å². The Hall–Kier alpha value is -4.32. The molecule has 34 heavy (non-hydrogen) atoms. The number of benzene rings is 3. The number of nitrogens with one attached hydrogen (secondary N) is 1. The lowest BCUT2D eigenvalue weighted by atomic mass is 10.0. The molecule has 2 aromatic heterocycles. The fourth-order valence-electron chi connectivity index (χ4n) is 4.27. The molecule has 0 aliphatic carbocycles. The number of hydrogen-bond donors (Lipinski definition) is 1. The molecule has 0 spiro atoms. The Bertz CT molecular complexity index is 1540. The highest BCUT2D eigenvalue weighted by Crippen LogP contribution is 2.33. The number of methoxy groups -OCH3 is 2. The molecule has 0 unspecified atom stereocenters. The molecule has 0 radical (unpaired) electrons. The number of rotatable bonds is 6. The van der Waals surface area contributed by atoms with Crippen molar-refractivity contribution in [1.29, 1.82) is 0 Å². The van der Waals surface area contributed by atoms with E-state index in [1.807, 2.05) is 55.5 Å². The van der Waals surface area contributed by atoms with Gasteiger partial charge >= 0.3 is 0 Å². The molecular formula is C28H25N3O3. The van der Waals surface area contributed by atoms with E-state index in [1.54, 1.807) is 30.8 Å². The summed E-state index contributed by atoms with van der Waals surface area (Å²) in [6.07, 6.45) is 0. The van der Waals surface area contributed by atoms with Crippen LogP contribution in [0.1, 0.15) is 11.3 Å². The van der Waals surface area contributed by atoms with E-state index in [-0.39, 0.29) is 5.56 Å². The fourth-order valence-corrected chi connectivity index (χ4v) is 4.27. The molecule has 2 heterocycles. The maximum Gasteiger partial charge on any atom is 0.266 e. The van der Waals surface area contributed by atoms with Gasteiger partial charge in [-0.15, -0.1) is 0 Å². The van der Waals surface area contributed by atoms with Crippen LogP contribution in [0, 0.1) is 6.92 Å². The van der Waals surface area contributed by atoms with Crippen molar-refractivity contribution in [2.45, 2.75) is 13.5 Å². The summed E-state index contributed by atoms with van der Waals surface area (Å²) in [5, 5.41) is 3.98. The minimum Gasteiger partial charge on any atom is -0.493 e. The first-order valence-corrected chi connectivity index (χ1v) is 11.1. The van der Waals surface area contributed by atoms with Crippen LogP contribution in [-0.2, 0) is 6.54 Å². The molecule has 0 atom stereocenters. The number of fused-ring (bicyclic) bond motifs is 2. The van der Waals surface area contributed by atoms with Crippen molar-refractivity contribution in [3.8, 4) is 22.6 Å². The Balaban J connectivity index is 1.80. The maximum atomic E-state index is 13.8. The molecule has 6 heteroatoms. The molecule has 170 valence electrons. The standard InChI is InChI=1S/C28H25N3O3/c1-18-21(20-12-8-5-9-13-20)14-24(29-17-19-10-6-4-7-11-19)27-30-23-16-26(34-3)25(33-2)15-22(23)28(32)31(18)27/h4-16,29H,17H2,1-3H3. The Kier molecular flexibility index (Phi) is 5.64. The third-order valence-corrected chi connectivity index (χ3v) is 6.04. The maximum absolute atomic E-state index is 13.8.